The van der Waals surface area contributed by atoms with Crippen molar-refractivity contribution in [3.63, 3.8) is 0 Å². The molecule has 1 aliphatic heterocycles. The molecule has 36 heavy (non-hydrogen) atoms. The highest BCUT2D eigenvalue weighted by Gasteiger charge is 2.44. The molecule has 1 unspecified atom stereocenters. The van der Waals surface area contributed by atoms with Crippen LogP contribution in [0.25, 0.3) is 11.1 Å². The lowest BCUT2D eigenvalue weighted by molar-refractivity contribution is -0.201. The molecule has 11 heteroatoms. The second-order valence-electron chi connectivity index (χ2n) is 8.91. The summed E-state index contributed by atoms with van der Waals surface area (Å²) in [5.74, 6) is 0.0730. The smallest absolute Gasteiger partial charge is 0.264 e. The zero-order valence-corrected chi connectivity index (χ0v) is 22.5. The predicted molar refractivity (Wildman–Crippen MR) is 139 cm³/mol. The van der Waals surface area contributed by atoms with Crippen LogP contribution in [0, 0.1) is 0 Å². The van der Waals surface area contributed by atoms with E-state index in [1.54, 1.807) is 31.1 Å². The minimum atomic E-state index is -3.82. The van der Waals surface area contributed by atoms with Gasteiger partial charge in [-0.05, 0) is 55.5 Å². The number of benzene rings is 1. The second kappa shape index (κ2) is 12.9. The fourth-order valence-corrected chi connectivity index (χ4v) is 5.35. The molecular formula is C25H34N2O7S2. The number of rotatable bonds is 12. The van der Waals surface area contributed by atoms with Gasteiger partial charge in [0.1, 0.15) is 0 Å². The number of aromatic nitrogens is 1. The molecule has 2 heterocycles. The quantitative estimate of drug-likeness (QED) is 0.249. The van der Waals surface area contributed by atoms with Gasteiger partial charge in [-0.15, -0.1) is 11.8 Å². The molecule has 9 nitrogen and oxygen atoms in total. The van der Waals surface area contributed by atoms with E-state index in [4.69, 9.17) is 14.3 Å². The number of pyridine rings is 1. The number of thioether (sulfide) groups is 1. The van der Waals surface area contributed by atoms with Gasteiger partial charge in [-0.1, -0.05) is 12.1 Å². The maximum atomic E-state index is 12.8. The van der Waals surface area contributed by atoms with E-state index < -0.39 is 26.8 Å². The van der Waals surface area contributed by atoms with E-state index in [1.165, 1.54) is 17.6 Å². The molecular weight excluding hydrogens is 504 g/mol. The number of sulfone groups is 1. The first kappa shape index (κ1) is 28.4. The van der Waals surface area contributed by atoms with Crippen molar-refractivity contribution in [2.24, 2.45) is 0 Å². The molecule has 0 saturated carbocycles. The third-order valence-corrected chi connectivity index (χ3v) is 9.29. The number of amides is 1. The van der Waals surface area contributed by atoms with Gasteiger partial charge in [-0.3, -0.25) is 9.59 Å². The predicted octanol–water partition coefficient (Wildman–Crippen LogP) is 3.02. The van der Waals surface area contributed by atoms with Gasteiger partial charge in [0.15, 0.2) is 20.9 Å². The summed E-state index contributed by atoms with van der Waals surface area (Å²) in [6.45, 7) is 2.59. The van der Waals surface area contributed by atoms with Crippen LogP contribution in [0.5, 0.6) is 0 Å². The highest BCUT2D eigenvalue weighted by atomic mass is 32.2. The average molecular weight is 539 g/mol. The summed E-state index contributed by atoms with van der Waals surface area (Å²) in [4.78, 5) is 32.0. The molecule has 1 saturated heterocycles. The zero-order chi connectivity index (χ0) is 26.2. The summed E-state index contributed by atoms with van der Waals surface area (Å²) < 4.78 is 35.2. The van der Waals surface area contributed by atoms with E-state index in [-0.39, 0.29) is 18.5 Å². The first-order valence-corrected chi connectivity index (χ1v) is 14.7. The van der Waals surface area contributed by atoms with E-state index in [2.05, 4.69) is 5.48 Å². The molecule has 1 N–H and O–H groups in total. The highest BCUT2D eigenvalue weighted by Crippen LogP contribution is 2.25. The van der Waals surface area contributed by atoms with Crippen molar-refractivity contribution < 1.29 is 27.5 Å². The Balaban J connectivity index is 1.66. The minimum absolute atomic E-state index is 0.0467. The molecule has 0 spiro atoms. The molecule has 1 fully saturated rings. The van der Waals surface area contributed by atoms with Gasteiger partial charge in [-0.2, -0.15) is 0 Å². The van der Waals surface area contributed by atoms with Crippen molar-refractivity contribution in [2.45, 2.75) is 55.1 Å². The van der Waals surface area contributed by atoms with E-state index in [0.29, 0.717) is 19.6 Å². The molecule has 0 aliphatic carbocycles. The number of hydroxylamine groups is 1. The average Bonchev–Trinajstić information content (AvgIpc) is 2.87. The number of ether oxygens (including phenoxy) is 2. The SMILES string of the molecule is COCCSc1ccc(-c2ccn(CC[C@](C)(C(=O)NOC3CCCCO3)S(C)(=O)=O)c(=O)c2)cc1. The third kappa shape index (κ3) is 7.42. The largest absolute Gasteiger partial charge is 0.384 e. The Morgan fingerprint density at radius 3 is 2.58 bits per heavy atom. The second-order valence-corrected chi connectivity index (χ2v) is 12.5. The Morgan fingerprint density at radius 1 is 1.22 bits per heavy atom. The molecule has 3 rings (SSSR count). The maximum Gasteiger partial charge on any atom is 0.264 e. The van der Waals surface area contributed by atoms with Crippen molar-refractivity contribution in [1.82, 2.24) is 10.0 Å². The van der Waals surface area contributed by atoms with Crippen LogP contribution in [0.15, 0.2) is 52.3 Å². The highest BCUT2D eigenvalue weighted by molar-refractivity contribution is 7.99. The Hall–Kier alpha value is -2.18. The van der Waals surface area contributed by atoms with Gasteiger partial charge in [0.25, 0.3) is 11.5 Å². The number of hydrogen-bond acceptors (Lipinski definition) is 8. The summed E-state index contributed by atoms with van der Waals surface area (Å²) >= 11 is 1.69. The number of nitrogens with one attached hydrogen (secondary N) is 1. The monoisotopic (exact) mass is 538 g/mol. The molecule has 198 valence electrons. The Kier molecular flexibility index (Phi) is 10.1. The molecule has 2 atom stereocenters. The van der Waals surface area contributed by atoms with Crippen LogP contribution in [0.4, 0.5) is 0 Å². The van der Waals surface area contributed by atoms with E-state index >= 15 is 0 Å². The summed E-state index contributed by atoms with van der Waals surface area (Å²) in [5, 5.41) is 0. The van der Waals surface area contributed by atoms with E-state index in [0.717, 1.165) is 40.9 Å². The van der Waals surface area contributed by atoms with Crippen LogP contribution in [-0.4, -0.2) is 62.3 Å². The first-order valence-electron chi connectivity index (χ1n) is 11.8. The van der Waals surface area contributed by atoms with E-state index in [9.17, 15) is 18.0 Å². The molecule has 1 amide bonds. The number of carbonyl (C=O) groups is 1. The van der Waals surface area contributed by atoms with Gasteiger partial charge < -0.3 is 14.0 Å². The van der Waals surface area contributed by atoms with Crippen molar-refractivity contribution in [1.29, 1.82) is 0 Å². The van der Waals surface area contributed by atoms with Crippen molar-refractivity contribution >= 4 is 27.5 Å². The first-order chi connectivity index (χ1) is 17.1. The summed E-state index contributed by atoms with van der Waals surface area (Å²) in [6, 6.07) is 11.2. The van der Waals surface area contributed by atoms with Gasteiger partial charge in [0.2, 0.25) is 0 Å². The Labute approximate surface area is 216 Å². The van der Waals surface area contributed by atoms with Gasteiger partial charge in [0.05, 0.1) is 6.61 Å². The number of carbonyl (C=O) groups excluding carboxylic acids is 1. The Bertz CT molecular complexity index is 1180. The van der Waals surface area contributed by atoms with Crippen LogP contribution in [0.1, 0.15) is 32.6 Å². The number of nitrogens with zero attached hydrogens (tertiary/aromatic N) is 1. The molecule has 0 bridgehead atoms. The van der Waals surface area contributed by atoms with Crippen LogP contribution in [0.2, 0.25) is 0 Å². The lowest BCUT2D eigenvalue weighted by atomic mass is 10.1. The van der Waals surface area contributed by atoms with Gasteiger partial charge in [-0.25, -0.2) is 18.7 Å². The fourth-order valence-electron chi connectivity index (χ4n) is 3.69. The fraction of sp³-hybridized carbons (Fsp3) is 0.520. The maximum absolute atomic E-state index is 12.8. The van der Waals surface area contributed by atoms with Crippen LogP contribution in [-0.2, 0) is 35.5 Å². The lowest BCUT2D eigenvalue weighted by Crippen LogP contribution is -2.51. The normalized spacial score (nSPS) is 17.9. The van der Waals surface area contributed by atoms with Gasteiger partial charge in [0, 0.05) is 55.8 Å². The van der Waals surface area contributed by atoms with Crippen molar-refractivity contribution in [2.75, 3.05) is 32.3 Å². The molecule has 1 aliphatic rings. The van der Waals surface area contributed by atoms with Crippen molar-refractivity contribution in [3.05, 3.63) is 52.9 Å². The third-order valence-electron chi connectivity index (χ3n) is 6.29. The summed E-state index contributed by atoms with van der Waals surface area (Å²) in [5.41, 5.74) is 3.64. The number of hydrogen-bond donors (Lipinski definition) is 1. The number of aryl methyl sites for hydroxylation is 1. The molecule has 1 aromatic heterocycles. The zero-order valence-electron chi connectivity index (χ0n) is 20.9. The Morgan fingerprint density at radius 2 is 1.97 bits per heavy atom. The van der Waals surface area contributed by atoms with Crippen LogP contribution < -0.4 is 11.0 Å². The summed E-state index contributed by atoms with van der Waals surface area (Å²) in [7, 11) is -2.15. The standard InChI is InChI=1S/C25H34N2O7S2/c1-25(36(3,30)31,24(29)26-34-23-6-4-5-15-33-23)12-14-27-13-11-20(18-22(27)28)19-7-9-21(10-8-19)35-17-16-32-2/h7-11,13,18,23H,4-6,12,14-17H2,1-3H3,(H,26,29)/t23?,25-/m1/s1. The minimum Gasteiger partial charge on any atom is -0.384 e. The lowest BCUT2D eigenvalue weighted by Gasteiger charge is -2.28. The summed E-state index contributed by atoms with van der Waals surface area (Å²) in [6.07, 6.45) is 4.37. The van der Waals surface area contributed by atoms with E-state index in [1.807, 2.05) is 24.3 Å². The van der Waals surface area contributed by atoms with Crippen LogP contribution >= 0.6 is 11.8 Å². The molecule has 1 aromatic carbocycles. The molecule has 0 radical (unpaired) electrons. The van der Waals surface area contributed by atoms with Gasteiger partial charge >= 0.3 is 0 Å². The number of methoxy groups -OCH3 is 1. The van der Waals surface area contributed by atoms with Crippen molar-refractivity contribution in [3.8, 4) is 11.1 Å². The molecule has 2 aromatic rings. The van der Waals surface area contributed by atoms with Crippen LogP contribution in [0.3, 0.4) is 0 Å². The topological polar surface area (TPSA) is 113 Å².